The molecule has 1 aliphatic rings. The number of thioether (sulfide) groups is 1. The standard InChI is InChI=1S/C35H33N3O5S2/c1-6-41-29-17-23(11-16-28(29)42-20-26-10-8-7-9-25(26)19-36)18-30-33(39)38-32(24-12-14-27(44-5)15-13-24)31(34(40)43-21(2)3)22(4)37-35(38)45-30/h7-18,21,32H,6,20H2,1-5H3/b30-18+/t32-/m1/s1. The Morgan fingerprint density at radius 2 is 1.87 bits per heavy atom. The molecule has 0 amide bonds. The molecule has 0 bridgehead atoms. The molecule has 0 N–H and O–H groups in total. The summed E-state index contributed by atoms with van der Waals surface area (Å²) >= 11 is 2.88. The van der Waals surface area contributed by atoms with E-state index in [1.54, 1.807) is 55.3 Å². The molecule has 0 unspecified atom stereocenters. The van der Waals surface area contributed by atoms with Crippen LogP contribution < -0.4 is 24.4 Å². The van der Waals surface area contributed by atoms with Crippen LogP contribution in [0.5, 0.6) is 11.5 Å². The molecule has 0 fully saturated rings. The number of nitriles is 1. The van der Waals surface area contributed by atoms with E-state index in [0.717, 1.165) is 21.6 Å². The van der Waals surface area contributed by atoms with Crippen molar-refractivity contribution >= 4 is 35.1 Å². The molecule has 0 saturated heterocycles. The highest BCUT2D eigenvalue weighted by molar-refractivity contribution is 7.98. The van der Waals surface area contributed by atoms with E-state index in [9.17, 15) is 14.9 Å². The molecule has 45 heavy (non-hydrogen) atoms. The number of aromatic nitrogens is 1. The quantitative estimate of drug-likeness (QED) is 0.161. The van der Waals surface area contributed by atoms with E-state index in [-0.39, 0.29) is 18.3 Å². The SMILES string of the molecule is CCOc1cc(/C=c2/sc3n(c2=O)[C@H](c2ccc(SC)cc2)C(C(=O)OC(C)C)=C(C)N=3)ccc1OCc1ccccc1C#N. The summed E-state index contributed by atoms with van der Waals surface area (Å²) in [6.45, 7) is 7.88. The molecule has 8 nitrogen and oxygen atoms in total. The molecule has 230 valence electrons. The number of benzene rings is 3. The molecule has 4 aromatic rings. The largest absolute Gasteiger partial charge is 0.490 e. The van der Waals surface area contributed by atoms with Gasteiger partial charge in [-0.05, 0) is 81.5 Å². The minimum atomic E-state index is -0.684. The maximum absolute atomic E-state index is 14.0. The number of fused-ring (bicyclic) bond motifs is 1. The van der Waals surface area contributed by atoms with Crippen LogP contribution in [0.1, 0.15) is 56.0 Å². The lowest BCUT2D eigenvalue weighted by atomic mass is 9.96. The highest BCUT2D eigenvalue weighted by Crippen LogP contribution is 2.33. The molecule has 2 heterocycles. The maximum atomic E-state index is 14.0. The lowest BCUT2D eigenvalue weighted by Crippen LogP contribution is -2.40. The Kier molecular flexibility index (Phi) is 9.91. The molecule has 1 aromatic heterocycles. The van der Waals surface area contributed by atoms with Crippen LogP contribution in [0.3, 0.4) is 0 Å². The summed E-state index contributed by atoms with van der Waals surface area (Å²) < 4.78 is 19.6. The van der Waals surface area contributed by atoms with Crippen molar-refractivity contribution in [2.75, 3.05) is 12.9 Å². The van der Waals surface area contributed by atoms with Crippen LogP contribution in [0.25, 0.3) is 6.08 Å². The van der Waals surface area contributed by atoms with Crippen LogP contribution >= 0.6 is 23.1 Å². The zero-order chi connectivity index (χ0) is 32.1. The van der Waals surface area contributed by atoms with Gasteiger partial charge in [-0.25, -0.2) is 9.79 Å². The summed E-state index contributed by atoms with van der Waals surface area (Å²) in [6, 6.07) is 22.1. The number of rotatable bonds is 10. The van der Waals surface area contributed by atoms with Gasteiger partial charge in [-0.2, -0.15) is 5.26 Å². The Bertz CT molecular complexity index is 1980. The van der Waals surface area contributed by atoms with E-state index >= 15 is 0 Å². The number of esters is 1. The number of hydrogen-bond donors (Lipinski definition) is 0. The summed E-state index contributed by atoms with van der Waals surface area (Å²) in [5, 5.41) is 9.41. The number of carbonyl (C=O) groups is 1. The van der Waals surface area contributed by atoms with E-state index in [0.29, 0.717) is 44.3 Å². The predicted octanol–water partition coefficient (Wildman–Crippen LogP) is 5.76. The average molecular weight is 640 g/mol. The highest BCUT2D eigenvalue weighted by atomic mass is 32.2. The Morgan fingerprint density at radius 3 is 2.56 bits per heavy atom. The first-order valence-electron chi connectivity index (χ1n) is 14.5. The second-order valence-corrected chi connectivity index (χ2v) is 12.4. The maximum Gasteiger partial charge on any atom is 0.338 e. The van der Waals surface area contributed by atoms with Gasteiger partial charge in [0.15, 0.2) is 16.3 Å². The second kappa shape index (κ2) is 14.0. The third-order valence-corrected chi connectivity index (χ3v) is 8.83. The number of nitrogens with zero attached hydrogens (tertiary/aromatic N) is 3. The summed E-state index contributed by atoms with van der Waals surface area (Å²) in [6.07, 6.45) is 3.46. The van der Waals surface area contributed by atoms with Gasteiger partial charge >= 0.3 is 5.97 Å². The fraction of sp³-hybridized carbons (Fsp3) is 0.257. The van der Waals surface area contributed by atoms with Gasteiger partial charge in [-0.3, -0.25) is 9.36 Å². The van der Waals surface area contributed by atoms with Crippen molar-refractivity contribution in [2.45, 2.75) is 51.3 Å². The van der Waals surface area contributed by atoms with E-state index in [1.165, 1.54) is 11.3 Å². The number of carbonyl (C=O) groups excluding carboxylic acids is 1. The summed E-state index contributed by atoms with van der Waals surface area (Å²) in [5.74, 6) is 0.560. The van der Waals surface area contributed by atoms with Crippen LogP contribution in [0, 0.1) is 11.3 Å². The zero-order valence-electron chi connectivity index (χ0n) is 25.7. The normalized spacial score (nSPS) is 14.5. The van der Waals surface area contributed by atoms with Crippen molar-refractivity contribution in [3.05, 3.63) is 120 Å². The van der Waals surface area contributed by atoms with Gasteiger partial charge in [-0.1, -0.05) is 47.7 Å². The molecule has 10 heteroatoms. The second-order valence-electron chi connectivity index (χ2n) is 10.5. The first-order chi connectivity index (χ1) is 21.7. The van der Waals surface area contributed by atoms with Gasteiger partial charge in [0, 0.05) is 10.5 Å². The zero-order valence-corrected chi connectivity index (χ0v) is 27.3. The van der Waals surface area contributed by atoms with Crippen molar-refractivity contribution in [2.24, 2.45) is 4.99 Å². The molecular weight excluding hydrogens is 607 g/mol. The fourth-order valence-electron chi connectivity index (χ4n) is 5.03. The summed E-state index contributed by atoms with van der Waals surface area (Å²) in [7, 11) is 0. The third kappa shape index (κ3) is 6.90. The topological polar surface area (TPSA) is 103 Å². The molecule has 1 atom stereocenters. The lowest BCUT2D eigenvalue weighted by molar-refractivity contribution is -0.143. The van der Waals surface area contributed by atoms with E-state index < -0.39 is 12.0 Å². The monoisotopic (exact) mass is 639 g/mol. The predicted molar refractivity (Wildman–Crippen MR) is 176 cm³/mol. The van der Waals surface area contributed by atoms with Crippen molar-refractivity contribution in [1.82, 2.24) is 4.57 Å². The average Bonchev–Trinajstić information content (AvgIpc) is 3.33. The van der Waals surface area contributed by atoms with Gasteiger partial charge in [0.1, 0.15) is 6.61 Å². The molecule has 1 aliphatic heterocycles. The Morgan fingerprint density at radius 1 is 1.11 bits per heavy atom. The number of hydrogen-bond acceptors (Lipinski definition) is 9. The van der Waals surface area contributed by atoms with Gasteiger partial charge in [0.2, 0.25) is 0 Å². The first kappa shape index (κ1) is 31.8. The van der Waals surface area contributed by atoms with Crippen LogP contribution in [0.15, 0.2) is 92.7 Å². The fourth-order valence-corrected chi connectivity index (χ4v) is 6.48. The highest BCUT2D eigenvalue weighted by Gasteiger charge is 2.33. The van der Waals surface area contributed by atoms with Crippen molar-refractivity contribution in [3.63, 3.8) is 0 Å². The molecule has 5 rings (SSSR count). The Hall–Kier alpha value is -4.59. The van der Waals surface area contributed by atoms with E-state index in [4.69, 9.17) is 14.2 Å². The molecule has 0 spiro atoms. The molecular formula is C35H33N3O5S2. The molecule has 3 aromatic carbocycles. The van der Waals surface area contributed by atoms with E-state index in [1.807, 2.05) is 67.8 Å². The first-order valence-corrected chi connectivity index (χ1v) is 16.5. The van der Waals surface area contributed by atoms with Crippen molar-refractivity contribution < 1.29 is 19.0 Å². The Balaban J connectivity index is 1.55. The van der Waals surface area contributed by atoms with Crippen LogP contribution in [-0.4, -0.2) is 29.5 Å². The lowest BCUT2D eigenvalue weighted by Gasteiger charge is -2.25. The third-order valence-electron chi connectivity index (χ3n) is 7.10. The molecule has 0 radical (unpaired) electrons. The number of thiazole rings is 1. The van der Waals surface area contributed by atoms with Gasteiger partial charge < -0.3 is 14.2 Å². The van der Waals surface area contributed by atoms with Crippen LogP contribution in [0.2, 0.25) is 0 Å². The summed E-state index contributed by atoms with van der Waals surface area (Å²) in [5.41, 5.74) is 3.47. The van der Waals surface area contributed by atoms with Crippen LogP contribution in [0.4, 0.5) is 0 Å². The number of allylic oxidation sites excluding steroid dienone is 1. The van der Waals surface area contributed by atoms with Gasteiger partial charge in [0.05, 0.1) is 46.2 Å². The minimum Gasteiger partial charge on any atom is -0.490 e. The van der Waals surface area contributed by atoms with Gasteiger partial charge in [0.25, 0.3) is 5.56 Å². The van der Waals surface area contributed by atoms with Crippen molar-refractivity contribution in [1.29, 1.82) is 5.26 Å². The van der Waals surface area contributed by atoms with Crippen molar-refractivity contribution in [3.8, 4) is 17.6 Å². The van der Waals surface area contributed by atoms with Gasteiger partial charge in [-0.15, -0.1) is 11.8 Å². The van der Waals surface area contributed by atoms with E-state index in [2.05, 4.69) is 11.1 Å². The number of ether oxygens (including phenoxy) is 3. The van der Waals surface area contributed by atoms with Crippen LogP contribution in [-0.2, 0) is 16.1 Å². The molecule has 0 saturated carbocycles. The Labute approximate surface area is 269 Å². The smallest absolute Gasteiger partial charge is 0.338 e. The minimum absolute atomic E-state index is 0.209. The summed E-state index contributed by atoms with van der Waals surface area (Å²) in [4.78, 5) is 33.7. The molecule has 0 aliphatic carbocycles.